The van der Waals surface area contributed by atoms with Crippen LogP contribution in [0.3, 0.4) is 0 Å². The highest BCUT2D eigenvalue weighted by Crippen LogP contribution is 2.26. The maximum absolute atomic E-state index is 13.0. The van der Waals surface area contributed by atoms with Crippen molar-refractivity contribution in [3.05, 3.63) is 42.5 Å². The molecule has 2 heterocycles. The minimum Gasteiger partial charge on any atom is -0.433 e. The van der Waals surface area contributed by atoms with Crippen LogP contribution in [-0.2, 0) is 19.6 Å². The van der Waals surface area contributed by atoms with Crippen LogP contribution in [0.4, 0.5) is 14.5 Å². The molecule has 1 fully saturated rings. The van der Waals surface area contributed by atoms with E-state index in [0.717, 1.165) is 4.85 Å². The van der Waals surface area contributed by atoms with E-state index in [1.165, 1.54) is 47.6 Å². The number of aromatic nitrogens is 3. The van der Waals surface area contributed by atoms with Crippen molar-refractivity contribution in [3.8, 4) is 5.75 Å². The Balaban J connectivity index is 1.52. The molecule has 1 atom stereocenters. The third-order valence-corrected chi connectivity index (χ3v) is 6.88. The molecule has 1 aliphatic rings. The SMILES string of the molecule is CC(On1nnc2ccc(S(=O)(=O)N3CCOCC3)cc21)C(=O)Nc1ccccc1OC(F)F. The quantitative estimate of drug-likeness (QED) is 0.497. The summed E-state index contributed by atoms with van der Waals surface area (Å²) in [7, 11) is -3.77. The van der Waals surface area contributed by atoms with Crippen LogP contribution in [0.25, 0.3) is 11.0 Å². The molecule has 1 aromatic heterocycles. The summed E-state index contributed by atoms with van der Waals surface area (Å²) in [5.41, 5.74) is 0.616. The van der Waals surface area contributed by atoms with E-state index in [1.807, 2.05) is 0 Å². The summed E-state index contributed by atoms with van der Waals surface area (Å²) in [6.07, 6.45) is -1.15. The largest absolute Gasteiger partial charge is 0.433 e. The van der Waals surface area contributed by atoms with Gasteiger partial charge < -0.3 is 19.6 Å². The van der Waals surface area contributed by atoms with Gasteiger partial charge in [-0.2, -0.15) is 13.1 Å². The van der Waals surface area contributed by atoms with Crippen molar-refractivity contribution in [2.24, 2.45) is 0 Å². The molecule has 1 amide bonds. The third-order valence-electron chi connectivity index (χ3n) is 4.98. The van der Waals surface area contributed by atoms with E-state index in [-0.39, 0.29) is 34.9 Å². The zero-order valence-corrected chi connectivity index (χ0v) is 18.7. The Bertz CT molecular complexity index is 1280. The zero-order valence-electron chi connectivity index (χ0n) is 17.9. The second-order valence-corrected chi connectivity index (χ2v) is 9.18. The first kappa shape index (κ1) is 23.8. The van der Waals surface area contributed by atoms with Crippen LogP contribution in [0.5, 0.6) is 5.75 Å². The lowest BCUT2D eigenvalue weighted by Crippen LogP contribution is -2.40. The highest BCUT2D eigenvalue weighted by atomic mass is 32.2. The molecule has 0 saturated carbocycles. The van der Waals surface area contributed by atoms with Crippen molar-refractivity contribution in [2.45, 2.75) is 24.5 Å². The molecule has 14 heteroatoms. The van der Waals surface area contributed by atoms with Crippen LogP contribution < -0.4 is 14.9 Å². The van der Waals surface area contributed by atoms with Gasteiger partial charge in [0, 0.05) is 13.1 Å². The zero-order chi connectivity index (χ0) is 24.3. The van der Waals surface area contributed by atoms with Gasteiger partial charge in [0.1, 0.15) is 16.8 Å². The van der Waals surface area contributed by atoms with E-state index in [9.17, 15) is 22.0 Å². The number of nitrogens with one attached hydrogen (secondary N) is 1. The van der Waals surface area contributed by atoms with E-state index >= 15 is 0 Å². The fraction of sp³-hybridized carbons (Fsp3) is 0.350. The monoisotopic (exact) mass is 497 g/mol. The number of anilines is 1. The van der Waals surface area contributed by atoms with E-state index in [1.54, 1.807) is 6.07 Å². The van der Waals surface area contributed by atoms with Crippen LogP contribution in [0.15, 0.2) is 47.4 Å². The summed E-state index contributed by atoms with van der Waals surface area (Å²) in [6, 6.07) is 9.97. The Kier molecular flexibility index (Phi) is 6.90. The molecule has 1 aliphatic heterocycles. The van der Waals surface area contributed by atoms with Crippen molar-refractivity contribution < 1.29 is 36.3 Å². The number of hydrogen-bond acceptors (Lipinski definition) is 8. The number of carbonyl (C=O) groups is 1. The van der Waals surface area contributed by atoms with Crippen molar-refractivity contribution >= 4 is 32.7 Å². The number of morpholine rings is 1. The van der Waals surface area contributed by atoms with Gasteiger partial charge >= 0.3 is 6.61 Å². The predicted octanol–water partition coefficient (Wildman–Crippen LogP) is 1.51. The molecule has 0 bridgehead atoms. The average molecular weight is 497 g/mol. The highest BCUT2D eigenvalue weighted by Gasteiger charge is 2.27. The summed E-state index contributed by atoms with van der Waals surface area (Å²) in [5, 5.41) is 10.2. The molecule has 34 heavy (non-hydrogen) atoms. The number of fused-ring (bicyclic) bond motifs is 1. The lowest BCUT2D eigenvalue weighted by atomic mass is 10.2. The fourth-order valence-electron chi connectivity index (χ4n) is 3.25. The number of alkyl halides is 2. The molecular weight excluding hydrogens is 476 g/mol. The minimum atomic E-state index is -3.77. The van der Waals surface area contributed by atoms with E-state index in [0.29, 0.717) is 18.7 Å². The standard InChI is InChI=1S/C20H21F2N5O6S/c1-13(19(28)23-16-4-2-3-5-18(16)32-20(21)22)33-27-17-12-14(6-7-15(17)24-25-27)34(29,30)26-8-10-31-11-9-26/h2-7,12-13,20H,8-11H2,1H3,(H,23,28). The number of rotatable bonds is 8. The summed E-state index contributed by atoms with van der Waals surface area (Å²) in [4.78, 5) is 19.1. The van der Waals surface area contributed by atoms with Crippen LogP contribution >= 0.6 is 0 Å². The van der Waals surface area contributed by atoms with E-state index in [2.05, 4.69) is 20.4 Å². The topological polar surface area (TPSA) is 125 Å². The molecular formula is C20H21F2N5O6S. The Morgan fingerprint density at radius 2 is 1.91 bits per heavy atom. The lowest BCUT2D eigenvalue weighted by molar-refractivity contribution is -0.127. The first-order valence-corrected chi connectivity index (χ1v) is 11.6. The Morgan fingerprint density at radius 3 is 2.65 bits per heavy atom. The van der Waals surface area contributed by atoms with Gasteiger partial charge in [0.2, 0.25) is 16.1 Å². The molecule has 182 valence electrons. The Hall–Kier alpha value is -3.36. The number of ether oxygens (including phenoxy) is 2. The van der Waals surface area contributed by atoms with Gasteiger partial charge in [0.25, 0.3) is 5.91 Å². The Labute approximate surface area is 193 Å². The average Bonchev–Trinajstić information content (AvgIpc) is 3.22. The van der Waals surface area contributed by atoms with Gasteiger partial charge in [-0.1, -0.05) is 17.0 Å². The number of hydrogen-bond donors (Lipinski definition) is 1. The van der Waals surface area contributed by atoms with Crippen molar-refractivity contribution in [3.63, 3.8) is 0 Å². The fourth-order valence-corrected chi connectivity index (χ4v) is 4.68. The Morgan fingerprint density at radius 1 is 1.18 bits per heavy atom. The van der Waals surface area contributed by atoms with Crippen LogP contribution in [-0.4, -0.2) is 72.8 Å². The van der Waals surface area contributed by atoms with Gasteiger partial charge in [-0.3, -0.25) is 4.79 Å². The second-order valence-electron chi connectivity index (χ2n) is 7.24. The van der Waals surface area contributed by atoms with Crippen LogP contribution in [0.1, 0.15) is 6.92 Å². The number of para-hydroxylation sites is 2. The number of nitrogens with zero attached hydrogens (tertiary/aromatic N) is 4. The predicted molar refractivity (Wildman–Crippen MR) is 115 cm³/mol. The number of sulfonamides is 1. The molecule has 1 unspecified atom stereocenters. The van der Waals surface area contributed by atoms with Gasteiger partial charge in [0.15, 0.2) is 0 Å². The molecule has 4 rings (SSSR count). The smallest absolute Gasteiger partial charge is 0.387 e. The van der Waals surface area contributed by atoms with Gasteiger partial charge in [-0.15, -0.1) is 5.10 Å². The summed E-state index contributed by atoms with van der Waals surface area (Å²) in [6.45, 7) is -0.556. The minimum absolute atomic E-state index is 0.0178. The highest BCUT2D eigenvalue weighted by molar-refractivity contribution is 7.89. The van der Waals surface area contributed by atoms with Crippen molar-refractivity contribution in [1.82, 2.24) is 19.5 Å². The first-order valence-electron chi connectivity index (χ1n) is 10.2. The van der Waals surface area contributed by atoms with Crippen molar-refractivity contribution in [2.75, 3.05) is 31.6 Å². The molecule has 0 radical (unpaired) electrons. The number of carbonyl (C=O) groups excluding carboxylic acids is 1. The maximum atomic E-state index is 13.0. The molecule has 1 saturated heterocycles. The van der Waals surface area contributed by atoms with Crippen molar-refractivity contribution in [1.29, 1.82) is 0 Å². The van der Waals surface area contributed by atoms with Gasteiger partial charge in [-0.05, 0) is 42.5 Å². The lowest BCUT2D eigenvalue weighted by Gasteiger charge is -2.26. The number of amides is 1. The van der Waals surface area contributed by atoms with E-state index < -0.39 is 28.6 Å². The molecule has 11 nitrogen and oxygen atoms in total. The van der Waals surface area contributed by atoms with Gasteiger partial charge in [-0.25, -0.2) is 8.42 Å². The van der Waals surface area contributed by atoms with Gasteiger partial charge in [0.05, 0.1) is 23.8 Å². The summed E-state index contributed by atoms with van der Waals surface area (Å²) in [5.74, 6) is -0.881. The first-order chi connectivity index (χ1) is 16.3. The third kappa shape index (κ3) is 5.08. The second kappa shape index (κ2) is 9.87. The molecule has 3 aromatic rings. The number of halogens is 2. The number of benzene rings is 2. The maximum Gasteiger partial charge on any atom is 0.387 e. The molecule has 1 N–H and O–H groups in total. The normalized spacial score (nSPS) is 15.9. The molecule has 2 aromatic carbocycles. The van der Waals surface area contributed by atoms with E-state index in [4.69, 9.17) is 9.57 Å². The van der Waals surface area contributed by atoms with Crippen LogP contribution in [0.2, 0.25) is 0 Å². The van der Waals surface area contributed by atoms with Crippen LogP contribution in [0, 0.1) is 0 Å². The molecule has 0 aliphatic carbocycles. The molecule has 0 spiro atoms. The summed E-state index contributed by atoms with van der Waals surface area (Å²) < 4.78 is 62.0. The summed E-state index contributed by atoms with van der Waals surface area (Å²) >= 11 is 0.